The Bertz CT molecular complexity index is 2320. The lowest BCUT2D eigenvalue weighted by molar-refractivity contribution is 1.37. The van der Waals surface area contributed by atoms with E-state index in [0.29, 0.717) is 11.1 Å². The van der Waals surface area contributed by atoms with E-state index in [4.69, 9.17) is 0 Å². The summed E-state index contributed by atoms with van der Waals surface area (Å²) in [6, 6.07) is 31.2. The molecule has 2 aliphatic carbocycles. The monoisotopic (exact) mass is 580 g/mol. The molecule has 0 amide bonds. The van der Waals surface area contributed by atoms with E-state index in [1.807, 2.05) is 36.4 Å². The van der Waals surface area contributed by atoms with Crippen LogP contribution in [0.1, 0.15) is 55.6 Å². The number of nitriles is 10. The Morgan fingerprint density at radius 2 is 0.696 bits per heavy atom. The van der Waals surface area contributed by atoms with Gasteiger partial charge in [0.1, 0.15) is 59.7 Å². The highest BCUT2D eigenvalue weighted by Crippen LogP contribution is 2.57. The van der Waals surface area contributed by atoms with Crippen LogP contribution in [-0.2, 0) is 0 Å². The molecule has 46 heavy (non-hydrogen) atoms. The summed E-state index contributed by atoms with van der Waals surface area (Å²) in [4.78, 5) is 0. The summed E-state index contributed by atoms with van der Waals surface area (Å²) in [6.07, 6.45) is 0. The van der Waals surface area contributed by atoms with Gasteiger partial charge in [0, 0.05) is 44.5 Å². The minimum Gasteiger partial charge on any atom is -0.192 e. The first kappa shape index (κ1) is 29.0. The molecule has 0 heterocycles. The van der Waals surface area contributed by atoms with Gasteiger partial charge >= 0.3 is 0 Å². The van der Waals surface area contributed by atoms with Crippen LogP contribution in [0.2, 0.25) is 0 Å². The van der Waals surface area contributed by atoms with Crippen LogP contribution in [0.3, 0.4) is 0 Å². The predicted molar refractivity (Wildman–Crippen MR) is 159 cm³/mol. The molecular weight excluding hydrogens is 572 g/mol. The number of nitrogens with zero attached hydrogens (tertiary/aromatic N) is 10. The van der Waals surface area contributed by atoms with Crippen LogP contribution in [-0.4, -0.2) is 0 Å². The van der Waals surface area contributed by atoms with Crippen molar-refractivity contribution in [2.24, 2.45) is 0 Å². The number of rotatable bonds is 2. The molecule has 3 aromatic carbocycles. The Morgan fingerprint density at radius 1 is 0.370 bits per heavy atom. The van der Waals surface area contributed by atoms with E-state index in [0.717, 1.165) is 0 Å². The van der Waals surface area contributed by atoms with Crippen molar-refractivity contribution < 1.29 is 0 Å². The van der Waals surface area contributed by atoms with Crippen LogP contribution in [0.15, 0.2) is 59.7 Å². The van der Waals surface area contributed by atoms with Gasteiger partial charge in [0.15, 0.2) is 0 Å². The zero-order valence-electron chi connectivity index (χ0n) is 23.1. The van der Waals surface area contributed by atoms with E-state index in [-0.39, 0.29) is 77.9 Å². The molecule has 0 saturated heterocycles. The largest absolute Gasteiger partial charge is 0.192 e. The molecule has 0 radical (unpaired) electrons. The number of benzene rings is 3. The molecule has 0 atom stereocenters. The lowest BCUT2D eigenvalue weighted by atomic mass is 9.82. The van der Waals surface area contributed by atoms with E-state index in [1.165, 1.54) is 48.5 Å². The SMILES string of the molecule is N#CC(C#N)=C1C(c2ccc(C#N)cc2)=C(C#N)c2c(C#N)c3c(c(C#N)c21)C(C#N)=C(c1ccc(C#N)cc1)C3=C(C#N)C#N. The lowest BCUT2D eigenvalue weighted by Gasteiger charge is -2.15. The van der Waals surface area contributed by atoms with Gasteiger partial charge in [-0.3, -0.25) is 0 Å². The number of fused-ring (bicyclic) bond motifs is 2. The molecule has 202 valence electrons. The Balaban J connectivity index is 2.08. The van der Waals surface area contributed by atoms with Crippen LogP contribution in [0, 0.1) is 113 Å². The van der Waals surface area contributed by atoms with Crippen LogP contribution in [0.5, 0.6) is 0 Å². The first-order chi connectivity index (χ1) is 22.4. The molecule has 0 fully saturated rings. The van der Waals surface area contributed by atoms with Crippen molar-refractivity contribution in [1.29, 1.82) is 52.6 Å². The summed E-state index contributed by atoms with van der Waals surface area (Å²) in [5.74, 6) is 0. The first-order valence-electron chi connectivity index (χ1n) is 12.9. The van der Waals surface area contributed by atoms with E-state index in [1.54, 1.807) is 24.3 Å². The van der Waals surface area contributed by atoms with Crippen LogP contribution in [0.25, 0.3) is 33.4 Å². The number of hydrogen-bond donors (Lipinski definition) is 0. The van der Waals surface area contributed by atoms with Gasteiger partial charge in [0.2, 0.25) is 0 Å². The molecule has 0 aromatic heterocycles. The highest BCUT2D eigenvalue weighted by molar-refractivity contribution is 6.32. The fourth-order valence-corrected chi connectivity index (χ4v) is 5.72. The average molecular weight is 581 g/mol. The molecule has 0 saturated carbocycles. The van der Waals surface area contributed by atoms with Crippen LogP contribution < -0.4 is 0 Å². The van der Waals surface area contributed by atoms with Gasteiger partial charge in [0.25, 0.3) is 0 Å². The van der Waals surface area contributed by atoms with Crippen molar-refractivity contribution in [2.75, 3.05) is 0 Å². The second-order valence-corrected chi connectivity index (χ2v) is 9.52. The summed E-state index contributed by atoms with van der Waals surface area (Å²) in [6.45, 7) is 0. The summed E-state index contributed by atoms with van der Waals surface area (Å²) < 4.78 is 0. The maximum absolute atomic E-state index is 10.7. The van der Waals surface area contributed by atoms with Crippen molar-refractivity contribution in [3.05, 3.63) is 115 Å². The van der Waals surface area contributed by atoms with Crippen LogP contribution in [0.4, 0.5) is 0 Å². The van der Waals surface area contributed by atoms with Crippen molar-refractivity contribution >= 4 is 33.4 Å². The standard InChI is InChI=1S/C36H8N10/c37-9-19-1-5-21(6-2-19)29-25(15-43)33-27(17-45)36-32(24(13-41)14-42)30(22-7-3-20(10-38)4-8-22)26(16-44)34(36)28(18-46)35(33)31(29)23(11-39)12-40/h1-8H. The lowest BCUT2D eigenvalue weighted by Crippen LogP contribution is -2.05. The van der Waals surface area contributed by atoms with Crippen molar-refractivity contribution in [2.45, 2.75) is 0 Å². The van der Waals surface area contributed by atoms with Gasteiger partial charge in [-0.05, 0) is 35.4 Å². The predicted octanol–water partition coefficient (Wildman–Crippen LogP) is 5.67. The minimum absolute atomic E-state index is 0.0536. The van der Waals surface area contributed by atoms with Crippen LogP contribution >= 0.6 is 0 Å². The van der Waals surface area contributed by atoms with Gasteiger partial charge in [-0.2, -0.15) is 52.6 Å². The van der Waals surface area contributed by atoms with E-state index in [2.05, 4.69) is 0 Å². The minimum atomic E-state index is -0.482. The molecule has 5 rings (SSSR count). The first-order valence-corrected chi connectivity index (χ1v) is 12.9. The Labute approximate surface area is 261 Å². The van der Waals surface area contributed by atoms with Gasteiger partial charge in [-0.1, -0.05) is 24.3 Å². The summed E-state index contributed by atoms with van der Waals surface area (Å²) >= 11 is 0. The molecule has 0 spiro atoms. The third-order valence-corrected chi connectivity index (χ3v) is 7.50. The molecule has 0 N–H and O–H groups in total. The molecule has 0 bridgehead atoms. The Hall–Kier alpha value is -8.48. The summed E-state index contributed by atoms with van der Waals surface area (Å²) in [5, 5.41) is 101. The second kappa shape index (κ2) is 11.4. The molecule has 0 aliphatic heterocycles. The number of hydrogen-bond acceptors (Lipinski definition) is 10. The van der Waals surface area contributed by atoms with E-state index in [9.17, 15) is 52.6 Å². The highest BCUT2D eigenvalue weighted by atomic mass is 14.5. The fourth-order valence-electron chi connectivity index (χ4n) is 5.72. The molecule has 10 heteroatoms. The molecule has 3 aromatic rings. The van der Waals surface area contributed by atoms with Crippen molar-refractivity contribution in [3.63, 3.8) is 0 Å². The third kappa shape index (κ3) is 3.95. The summed E-state index contributed by atoms with van der Waals surface area (Å²) in [7, 11) is 0. The smallest absolute Gasteiger partial charge is 0.138 e. The number of allylic oxidation sites excluding steroid dienone is 8. The Morgan fingerprint density at radius 3 is 0.935 bits per heavy atom. The van der Waals surface area contributed by atoms with Gasteiger partial charge in [0.05, 0.1) is 45.5 Å². The zero-order chi connectivity index (χ0) is 33.1. The maximum atomic E-state index is 10.7. The maximum Gasteiger partial charge on any atom is 0.138 e. The van der Waals surface area contributed by atoms with Gasteiger partial charge in [-0.15, -0.1) is 0 Å². The zero-order valence-corrected chi connectivity index (χ0v) is 23.1. The Kier molecular flexibility index (Phi) is 7.21. The summed E-state index contributed by atoms with van der Waals surface area (Å²) in [5.41, 5.74) is -1.19. The van der Waals surface area contributed by atoms with Crippen molar-refractivity contribution in [1.82, 2.24) is 0 Å². The molecule has 0 unspecified atom stereocenters. The average Bonchev–Trinajstić information content (AvgIpc) is 3.62. The van der Waals surface area contributed by atoms with E-state index < -0.39 is 11.1 Å². The second-order valence-electron chi connectivity index (χ2n) is 9.52. The third-order valence-electron chi connectivity index (χ3n) is 7.50. The van der Waals surface area contributed by atoms with E-state index >= 15 is 0 Å². The fraction of sp³-hybridized carbons (Fsp3) is 0. The quantitative estimate of drug-likeness (QED) is 0.336. The molecule has 2 aliphatic rings. The normalized spacial score (nSPS) is 11.9. The molecule has 10 nitrogen and oxygen atoms in total. The van der Waals surface area contributed by atoms with Gasteiger partial charge < -0.3 is 0 Å². The van der Waals surface area contributed by atoms with Crippen molar-refractivity contribution in [3.8, 4) is 60.7 Å². The topological polar surface area (TPSA) is 238 Å². The van der Waals surface area contributed by atoms with Gasteiger partial charge in [-0.25, -0.2) is 0 Å². The highest BCUT2D eigenvalue weighted by Gasteiger charge is 2.43. The molecular formula is C36H8N10.